The number of carbonyl (C=O) groups is 1. The van der Waals surface area contributed by atoms with E-state index in [9.17, 15) is 4.79 Å². The lowest BCUT2D eigenvalue weighted by Crippen LogP contribution is -2.50. The predicted octanol–water partition coefficient (Wildman–Crippen LogP) is 3.15. The number of nitrogens with zero attached hydrogens (tertiary/aromatic N) is 2. The number of ether oxygens (including phenoxy) is 1. The van der Waals surface area contributed by atoms with E-state index in [1.807, 2.05) is 4.90 Å². The fourth-order valence-corrected chi connectivity index (χ4v) is 3.24. The summed E-state index contributed by atoms with van der Waals surface area (Å²) in [7, 11) is 0. The van der Waals surface area contributed by atoms with Crippen LogP contribution < -0.4 is 0 Å². The van der Waals surface area contributed by atoms with Crippen LogP contribution in [-0.4, -0.2) is 41.6 Å². The van der Waals surface area contributed by atoms with Gasteiger partial charge in [-0.25, -0.2) is 4.98 Å². The molecule has 1 aliphatic heterocycles. The third-order valence-electron chi connectivity index (χ3n) is 3.66. The van der Waals surface area contributed by atoms with Gasteiger partial charge in [0.05, 0.1) is 23.9 Å². The van der Waals surface area contributed by atoms with Crippen molar-refractivity contribution in [2.45, 2.75) is 46.6 Å². The molecule has 1 fully saturated rings. The van der Waals surface area contributed by atoms with Gasteiger partial charge in [-0.1, -0.05) is 34.6 Å². The van der Waals surface area contributed by atoms with Crippen LogP contribution >= 0.6 is 11.3 Å². The number of rotatable bonds is 2. The van der Waals surface area contributed by atoms with Crippen molar-refractivity contribution in [2.24, 2.45) is 5.41 Å². The number of morpholine rings is 1. The Hall–Kier alpha value is -0.940. The Balaban J connectivity index is 2.15. The van der Waals surface area contributed by atoms with E-state index in [4.69, 9.17) is 4.74 Å². The van der Waals surface area contributed by atoms with Crippen LogP contribution in [0.5, 0.6) is 0 Å². The zero-order valence-corrected chi connectivity index (χ0v) is 13.8. The maximum absolute atomic E-state index is 12.7. The third-order valence-corrected chi connectivity index (χ3v) is 4.49. The Morgan fingerprint density at radius 1 is 1.50 bits per heavy atom. The maximum atomic E-state index is 12.7. The zero-order valence-electron chi connectivity index (χ0n) is 13.0. The molecule has 112 valence electrons. The molecule has 0 aliphatic carbocycles. The predicted molar refractivity (Wildman–Crippen MR) is 81.3 cm³/mol. The summed E-state index contributed by atoms with van der Waals surface area (Å²) in [6.07, 6.45) is 0.0932. The molecule has 0 spiro atoms. The van der Waals surface area contributed by atoms with Crippen LogP contribution in [0.3, 0.4) is 0 Å². The van der Waals surface area contributed by atoms with E-state index in [1.165, 1.54) is 11.3 Å². The number of amides is 1. The van der Waals surface area contributed by atoms with Crippen LogP contribution in [0.25, 0.3) is 0 Å². The van der Waals surface area contributed by atoms with Gasteiger partial charge in [-0.05, 0) is 11.3 Å². The summed E-state index contributed by atoms with van der Waals surface area (Å²) in [6, 6.07) is 0. The molecular formula is C15H24N2O2S. The molecular weight excluding hydrogens is 272 g/mol. The Bertz CT molecular complexity index is 476. The van der Waals surface area contributed by atoms with Crippen molar-refractivity contribution in [3.05, 3.63) is 16.1 Å². The maximum Gasteiger partial charge on any atom is 0.266 e. The summed E-state index contributed by atoms with van der Waals surface area (Å²) >= 11 is 1.45. The van der Waals surface area contributed by atoms with Crippen LogP contribution in [0.1, 0.15) is 55.9 Å². The van der Waals surface area contributed by atoms with E-state index in [0.717, 1.165) is 10.6 Å². The molecule has 1 aliphatic rings. The highest BCUT2D eigenvalue weighted by atomic mass is 32.1. The fourth-order valence-electron chi connectivity index (χ4n) is 2.33. The smallest absolute Gasteiger partial charge is 0.266 e. The van der Waals surface area contributed by atoms with E-state index >= 15 is 0 Å². The highest BCUT2D eigenvalue weighted by Gasteiger charge is 2.34. The normalized spacial score (nSPS) is 20.5. The average Bonchev–Trinajstić information content (AvgIpc) is 2.86. The molecule has 0 saturated carbocycles. The van der Waals surface area contributed by atoms with Crippen LogP contribution in [-0.2, 0) is 4.74 Å². The van der Waals surface area contributed by atoms with Gasteiger partial charge in [0.25, 0.3) is 5.91 Å². The molecule has 2 rings (SSSR count). The van der Waals surface area contributed by atoms with Gasteiger partial charge in [0, 0.05) is 13.1 Å². The average molecular weight is 296 g/mol. The molecule has 1 atom stereocenters. The highest BCUT2D eigenvalue weighted by Crippen LogP contribution is 2.28. The second kappa shape index (κ2) is 5.82. The van der Waals surface area contributed by atoms with Gasteiger partial charge in [-0.2, -0.15) is 0 Å². The molecule has 1 aromatic heterocycles. The van der Waals surface area contributed by atoms with Gasteiger partial charge in [-0.15, -0.1) is 11.3 Å². The quantitative estimate of drug-likeness (QED) is 0.842. The Morgan fingerprint density at radius 2 is 2.20 bits per heavy atom. The van der Waals surface area contributed by atoms with Crippen molar-refractivity contribution in [3.8, 4) is 0 Å². The molecule has 4 nitrogen and oxygen atoms in total. The van der Waals surface area contributed by atoms with Gasteiger partial charge < -0.3 is 9.64 Å². The monoisotopic (exact) mass is 296 g/mol. The molecule has 1 amide bonds. The first-order chi connectivity index (χ1) is 9.30. The summed E-state index contributed by atoms with van der Waals surface area (Å²) in [5.41, 5.74) is 2.73. The first kappa shape index (κ1) is 15.4. The molecule has 0 bridgehead atoms. The third kappa shape index (κ3) is 3.20. The van der Waals surface area contributed by atoms with E-state index in [-0.39, 0.29) is 23.3 Å². The summed E-state index contributed by atoms with van der Waals surface area (Å²) < 4.78 is 5.81. The number of hydrogen-bond acceptors (Lipinski definition) is 4. The number of hydrogen-bond donors (Lipinski definition) is 0. The van der Waals surface area contributed by atoms with E-state index in [0.29, 0.717) is 19.7 Å². The minimum atomic E-state index is 0.0491. The van der Waals surface area contributed by atoms with E-state index in [1.54, 1.807) is 5.51 Å². The topological polar surface area (TPSA) is 42.4 Å². The minimum Gasteiger partial charge on any atom is -0.374 e. The minimum absolute atomic E-state index is 0.0491. The molecule has 1 saturated heterocycles. The fraction of sp³-hybridized carbons (Fsp3) is 0.733. The first-order valence-corrected chi connectivity index (χ1v) is 8.03. The molecule has 2 heterocycles. The number of carbonyl (C=O) groups excluding carboxylic acids is 1. The second-order valence-electron chi connectivity index (χ2n) is 6.70. The van der Waals surface area contributed by atoms with Gasteiger partial charge in [0.2, 0.25) is 0 Å². The van der Waals surface area contributed by atoms with Gasteiger partial charge in [0.1, 0.15) is 4.88 Å². The standard InChI is InChI=1S/C15H24N2O2S/c1-10(2)12-13(20-9-16-12)14(18)17-6-7-19-11(8-17)15(3,4)5/h9-11H,6-8H2,1-5H3. The number of aromatic nitrogens is 1. The van der Waals surface area contributed by atoms with Crippen LogP contribution in [0.15, 0.2) is 5.51 Å². The van der Waals surface area contributed by atoms with Crippen molar-refractivity contribution in [2.75, 3.05) is 19.7 Å². The lowest BCUT2D eigenvalue weighted by Gasteiger charge is -2.39. The highest BCUT2D eigenvalue weighted by molar-refractivity contribution is 7.11. The molecule has 20 heavy (non-hydrogen) atoms. The Morgan fingerprint density at radius 3 is 2.80 bits per heavy atom. The molecule has 0 N–H and O–H groups in total. The Kier molecular flexibility index (Phi) is 4.49. The van der Waals surface area contributed by atoms with Gasteiger partial charge in [-0.3, -0.25) is 4.79 Å². The van der Waals surface area contributed by atoms with Crippen molar-refractivity contribution in [1.29, 1.82) is 0 Å². The Labute approximate surface area is 125 Å². The lowest BCUT2D eigenvalue weighted by atomic mass is 9.88. The van der Waals surface area contributed by atoms with E-state index < -0.39 is 0 Å². The molecule has 1 aromatic rings. The summed E-state index contributed by atoms with van der Waals surface area (Å²) in [6.45, 7) is 12.5. The van der Waals surface area contributed by atoms with Gasteiger partial charge >= 0.3 is 0 Å². The van der Waals surface area contributed by atoms with Crippen molar-refractivity contribution >= 4 is 17.2 Å². The molecule has 0 radical (unpaired) electrons. The summed E-state index contributed by atoms with van der Waals surface area (Å²) in [4.78, 5) is 19.7. The van der Waals surface area contributed by atoms with Crippen LogP contribution in [0, 0.1) is 5.41 Å². The SMILES string of the molecule is CC(C)c1ncsc1C(=O)N1CCOC(C(C)(C)C)C1. The van der Waals surface area contributed by atoms with Crippen molar-refractivity contribution < 1.29 is 9.53 Å². The zero-order chi connectivity index (χ0) is 14.9. The second-order valence-corrected chi connectivity index (χ2v) is 7.55. The summed E-state index contributed by atoms with van der Waals surface area (Å²) in [5, 5.41) is 0. The summed E-state index contributed by atoms with van der Waals surface area (Å²) in [5.74, 6) is 0.383. The number of thiazole rings is 1. The lowest BCUT2D eigenvalue weighted by molar-refractivity contribution is -0.0705. The molecule has 5 heteroatoms. The largest absolute Gasteiger partial charge is 0.374 e. The first-order valence-electron chi connectivity index (χ1n) is 7.15. The van der Waals surface area contributed by atoms with Gasteiger partial charge in [0.15, 0.2) is 0 Å². The van der Waals surface area contributed by atoms with Crippen molar-refractivity contribution in [1.82, 2.24) is 9.88 Å². The molecule has 1 unspecified atom stereocenters. The van der Waals surface area contributed by atoms with Crippen LogP contribution in [0.4, 0.5) is 0 Å². The van der Waals surface area contributed by atoms with Crippen molar-refractivity contribution in [3.63, 3.8) is 0 Å². The van der Waals surface area contributed by atoms with Crippen LogP contribution in [0.2, 0.25) is 0 Å². The van der Waals surface area contributed by atoms with E-state index in [2.05, 4.69) is 39.6 Å². The molecule has 0 aromatic carbocycles.